The van der Waals surface area contributed by atoms with Crippen LogP contribution in [0.3, 0.4) is 0 Å². The van der Waals surface area contributed by atoms with Gasteiger partial charge in [-0.2, -0.15) is 0 Å². The molecule has 0 radical (unpaired) electrons. The lowest BCUT2D eigenvalue weighted by molar-refractivity contribution is 0.0727. The number of nitrogens with two attached hydrogens (primary N) is 1. The van der Waals surface area contributed by atoms with Crippen LogP contribution in [0.1, 0.15) is 25.7 Å². The Kier molecular flexibility index (Phi) is 3.18. The second kappa shape index (κ2) is 4.63. The summed E-state index contributed by atoms with van der Waals surface area (Å²) in [4.78, 5) is 5.29. The van der Waals surface area contributed by atoms with Crippen molar-refractivity contribution in [3.8, 4) is 0 Å². The van der Waals surface area contributed by atoms with Crippen molar-refractivity contribution in [3.05, 3.63) is 0 Å². The second-order valence-electron chi connectivity index (χ2n) is 5.91. The van der Waals surface area contributed by atoms with Gasteiger partial charge in [0.15, 0.2) is 0 Å². The molecule has 2 saturated carbocycles. The fourth-order valence-corrected chi connectivity index (χ4v) is 4.16. The molecule has 1 aliphatic heterocycles. The van der Waals surface area contributed by atoms with E-state index in [1.54, 1.807) is 0 Å². The summed E-state index contributed by atoms with van der Waals surface area (Å²) in [6.07, 6.45) is 6.07. The number of fused-ring (bicyclic) bond motifs is 2. The molecule has 0 spiro atoms. The first-order valence-corrected chi connectivity index (χ1v) is 7.03. The van der Waals surface area contributed by atoms with Gasteiger partial charge in [-0.15, -0.1) is 0 Å². The van der Waals surface area contributed by atoms with E-state index >= 15 is 0 Å². The molecule has 1 heterocycles. The third-order valence-corrected chi connectivity index (χ3v) is 5.02. The Morgan fingerprint density at radius 2 is 1.81 bits per heavy atom. The lowest BCUT2D eigenvalue weighted by Gasteiger charge is -2.41. The summed E-state index contributed by atoms with van der Waals surface area (Å²) in [6, 6.07) is 0.943. The number of rotatable bonds is 3. The van der Waals surface area contributed by atoms with Crippen LogP contribution in [0.25, 0.3) is 0 Å². The van der Waals surface area contributed by atoms with E-state index in [1.807, 2.05) is 0 Å². The minimum absolute atomic E-state index is 0.814. The summed E-state index contributed by atoms with van der Waals surface area (Å²) >= 11 is 0. The lowest BCUT2D eigenvalue weighted by atomic mass is 9.93. The summed E-state index contributed by atoms with van der Waals surface area (Å²) in [5, 5.41) is 0. The standard InChI is InChI=1S/C13H25N3/c14-3-4-15-5-7-16(8-6-15)13-10-11-1-2-12(13)9-11/h11-13H,1-10,14H2. The van der Waals surface area contributed by atoms with Crippen LogP contribution in [0.4, 0.5) is 0 Å². The average molecular weight is 223 g/mol. The first-order chi connectivity index (χ1) is 7.86. The maximum Gasteiger partial charge on any atom is 0.0127 e. The topological polar surface area (TPSA) is 32.5 Å². The van der Waals surface area contributed by atoms with Crippen molar-refractivity contribution < 1.29 is 0 Å². The minimum Gasteiger partial charge on any atom is -0.329 e. The number of hydrogen-bond acceptors (Lipinski definition) is 3. The largest absolute Gasteiger partial charge is 0.329 e. The van der Waals surface area contributed by atoms with E-state index in [4.69, 9.17) is 5.73 Å². The van der Waals surface area contributed by atoms with Crippen molar-refractivity contribution in [2.75, 3.05) is 39.3 Å². The highest BCUT2D eigenvalue weighted by atomic mass is 15.3. The number of hydrogen-bond donors (Lipinski definition) is 1. The molecule has 92 valence electrons. The Bertz CT molecular complexity index is 235. The maximum absolute atomic E-state index is 5.61. The normalized spacial score (nSPS) is 40.7. The van der Waals surface area contributed by atoms with E-state index in [2.05, 4.69) is 9.80 Å². The highest BCUT2D eigenvalue weighted by Gasteiger charge is 2.42. The van der Waals surface area contributed by atoms with E-state index in [0.29, 0.717) is 0 Å². The number of piperazine rings is 1. The highest BCUT2D eigenvalue weighted by molar-refractivity contribution is 4.96. The molecule has 3 nitrogen and oxygen atoms in total. The molecule has 3 aliphatic rings. The van der Waals surface area contributed by atoms with Gasteiger partial charge in [-0.05, 0) is 31.1 Å². The molecule has 2 N–H and O–H groups in total. The van der Waals surface area contributed by atoms with E-state index in [9.17, 15) is 0 Å². The first-order valence-electron chi connectivity index (χ1n) is 7.03. The molecule has 3 atom stereocenters. The van der Waals surface area contributed by atoms with Crippen molar-refractivity contribution in [3.63, 3.8) is 0 Å². The van der Waals surface area contributed by atoms with Crippen LogP contribution in [-0.2, 0) is 0 Å². The lowest BCUT2D eigenvalue weighted by Crippen LogP contribution is -2.52. The van der Waals surface area contributed by atoms with Gasteiger partial charge in [0.2, 0.25) is 0 Å². The van der Waals surface area contributed by atoms with Gasteiger partial charge in [-0.25, -0.2) is 0 Å². The Morgan fingerprint density at radius 3 is 2.38 bits per heavy atom. The quantitative estimate of drug-likeness (QED) is 0.766. The van der Waals surface area contributed by atoms with E-state index in [1.165, 1.54) is 51.9 Å². The smallest absolute Gasteiger partial charge is 0.0127 e. The monoisotopic (exact) mass is 223 g/mol. The molecule has 16 heavy (non-hydrogen) atoms. The molecule has 3 unspecified atom stereocenters. The van der Waals surface area contributed by atoms with Crippen LogP contribution < -0.4 is 5.73 Å². The predicted molar refractivity (Wildman–Crippen MR) is 66.3 cm³/mol. The molecule has 1 saturated heterocycles. The summed E-state index contributed by atoms with van der Waals surface area (Å²) in [5.41, 5.74) is 5.61. The summed E-state index contributed by atoms with van der Waals surface area (Å²) in [6.45, 7) is 6.95. The van der Waals surface area contributed by atoms with Crippen molar-refractivity contribution >= 4 is 0 Å². The van der Waals surface area contributed by atoms with Gasteiger partial charge in [-0.1, -0.05) is 6.42 Å². The van der Waals surface area contributed by atoms with Gasteiger partial charge in [0.1, 0.15) is 0 Å². The third kappa shape index (κ3) is 2.01. The van der Waals surface area contributed by atoms with E-state index in [0.717, 1.165) is 31.0 Å². The van der Waals surface area contributed by atoms with Crippen molar-refractivity contribution in [2.24, 2.45) is 17.6 Å². The molecule has 3 rings (SSSR count). The minimum atomic E-state index is 0.814. The molecule has 0 amide bonds. The molecular formula is C13H25N3. The van der Waals surface area contributed by atoms with E-state index in [-0.39, 0.29) is 0 Å². The van der Waals surface area contributed by atoms with Crippen LogP contribution in [0.2, 0.25) is 0 Å². The van der Waals surface area contributed by atoms with Crippen LogP contribution >= 0.6 is 0 Å². The zero-order valence-electron chi connectivity index (χ0n) is 10.3. The highest BCUT2D eigenvalue weighted by Crippen LogP contribution is 2.46. The molecule has 0 aromatic heterocycles. The van der Waals surface area contributed by atoms with Crippen molar-refractivity contribution in [2.45, 2.75) is 31.7 Å². The molecule has 3 fully saturated rings. The summed E-state index contributed by atoms with van der Waals surface area (Å²) in [5.74, 6) is 2.13. The predicted octanol–water partition coefficient (Wildman–Crippen LogP) is 0.751. The van der Waals surface area contributed by atoms with Gasteiger partial charge in [0, 0.05) is 45.3 Å². The molecule has 3 heteroatoms. The molecule has 2 bridgehead atoms. The third-order valence-electron chi connectivity index (χ3n) is 5.02. The Hall–Kier alpha value is -0.120. The zero-order valence-corrected chi connectivity index (χ0v) is 10.3. The van der Waals surface area contributed by atoms with Gasteiger partial charge in [-0.3, -0.25) is 9.80 Å². The van der Waals surface area contributed by atoms with Crippen LogP contribution in [-0.4, -0.2) is 55.1 Å². The fraction of sp³-hybridized carbons (Fsp3) is 1.00. The Balaban J connectivity index is 1.51. The second-order valence-corrected chi connectivity index (χ2v) is 5.91. The van der Waals surface area contributed by atoms with Crippen LogP contribution in [0.15, 0.2) is 0 Å². The molecule has 0 aromatic rings. The van der Waals surface area contributed by atoms with Crippen molar-refractivity contribution in [1.82, 2.24) is 9.80 Å². The van der Waals surface area contributed by atoms with Gasteiger partial charge < -0.3 is 5.73 Å². The zero-order chi connectivity index (χ0) is 11.0. The average Bonchev–Trinajstić information content (AvgIpc) is 2.92. The molecule has 2 aliphatic carbocycles. The van der Waals surface area contributed by atoms with Crippen LogP contribution in [0.5, 0.6) is 0 Å². The summed E-state index contributed by atoms with van der Waals surface area (Å²) < 4.78 is 0. The fourth-order valence-electron chi connectivity index (χ4n) is 4.16. The van der Waals surface area contributed by atoms with Gasteiger partial charge >= 0.3 is 0 Å². The maximum atomic E-state index is 5.61. The van der Waals surface area contributed by atoms with Gasteiger partial charge in [0.25, 0.3) is 0 Å². The first kappa shape index (κ1) is 11.0. The Morgan fingerprint density at radius 1 is 1.00 bits per heavy atom. The SMILES string of the molecule is NCCN1CCN(C2CC3CCC2C3)CC1. The molecular weight excluding hydrogens is 198 g/mol. The Labute approximate surface area is 99.0 Å². The number of nitrogens with zero attached hydrogens (tertiary/aromatic N) is 2. The molecule has 0 aromatic carbocycles. The van der Waals surface area contributed by atoms with Gasteiger partial charge in [0.05, 0.1) is 0 Å². The summed E-state index contributed by atoms with van der Waals surface area (Å²) in [7, 11) is 0. The van der Waals surface area contributed by atoms with Crippen molar-refractivity contribution in [1.29, 1.82) is 0 Å². The van der Waals surface area contributed by atoms with Crippen LogP contribution in [0, 0.1) is 11.8 Å². The van der Waals surface area contributed by atoms with E-state index < -0.39 is 0 Å².